The van der Waals surface area contributed by atoms with Crippen LogP contribution in [0.1, 0.15) is 50.1 Å². The number of esters is 2. The molecule has 0 saturated heterocycles. The van der Waals surface area contributed by atoms with Gasteiger partial charge in [0.2, 0.25) is 0 Å². The van der Waals surface area contributed by atoms with Crippen molar-refractivity contribution in [3.05, 3.63) is 95.6 Å². The van der Waals surface area contributed by atoms with Crippen LogP contribution in [0.25, 0.3) is 0 Å². The molecule has 2 aliphatic rings. The van der Waals surface area contributed by atoms with E-state index in [0.717, 1.165) is 6.42 Å². The van der Waals surface area contributed by atoms with Gasteiger partial charge >= 0.3 is 11.9 Å². The molecular formula is C23H18N2O4. The van der Waals surface area contributed by atoms with E-state index in [4.69, 9.17) is 9.47 Å². The summed E-state index contributed by atoms with van der Waals surface area (Å²) < 4.78 is 11.8. The Balaban J connectivity index is 1.44. The van der Waals surface area contributed by atoms with Crippen LogP contribution in [0.2, 0.25) is 0 Å². The van der Waals surface area contributed by atoms with Crippen molar-refractivity contribution >= 4 is 11.9 Å². The van der Waals surface area contributed by atoms with Crippen molar-refractivity contribution in [3.63, 3.8) is 0 Å². The highest BCUT2D eigenvalue weighted by Gasteiger charge is 2.55. The van der Waals surface area contributed by atoms with Crippen molar-refractivity contribution in [2.75, 3.05) is 0 Å². The molecule has 29 heavy (non-hydrogen) atoms. The number of nitrogens with zero attached hydrogens (tertiary/aromatic N) is 2. The van der Waals surface area contributed by atoms with Gasteiger partial charge in [0.1, 0.15) is 12.2 Å². The Kier molecular flexibility index (Phi) is 4.31. The van der Waals surface area contributed by atoms with Crippen LogP contribution < -0.4 is 0 Å². The number of ether oxygens (including phenoxy) is 2. The van der Waals surface area contributed by atoms with Crippen molar-refractivity contribution < 1.29 is 19.1 Å². The zero-order valence-corrected chi connectivity index (χ0v) is 15.5. The van der Waals surface area contributed by atoms with Crippen molar-refractivity contribution in [2.24, 2.45) is 0 Å². The predicted octanol–water partition coefficient (Wildman–Crippen LogP) is 3.51. The molecule has 4 atom stereocenters. The maximum absolute atomic E-state index is 12.7. The molecular weight excluding hydrogens is 368 g/mol. The van der Waals surface area contributed by atoms with Crippen LogP contribution in [0.4, 0.5) is 0 Å². The van der Waals surface area contributed by atoms with E-state index in [2.05, 4.69) is 22.1 Å². The van der Waals surface area contributed by atoms with E-state index in [9.17, 15) is 9.59 Å². The Morgan fingerprint density at radius 2 is 1.10 bits per heavy atom. The summed E-state index contributed by atoms with van der Waals surface area (Å²) in [7, 11) is 0. The monoisotopic (exact) mass is 386 g/mol. The van der Waals surface area contributed by atoms with E-state index < -0.39 is 24.1 Å². The van der Waals surface area contributed by atoms with Gasteiger partial charge in [0.25, 0.3) is 0 Å². The first-order chi connectivity index (χ1) is 14.2. The minimum atomic E-state index is -0.527. The van der Waals surface area contributed by atoms with Gasteiger partial charge in [-0.25, -0.2) is 9.59 Å². The van der Waals surface area contributed by atoms with Gasteiger partial charge in [-0.05, 0) is 41.8 Å². The molecule has 0 aliphatic heterocycles. The molecule has 3 aromatic rings. The molecule has 1 aromatic carbocycles. The smallest absolute Gasteiger partial charge is 0.338 e. The Hall–Kier alpha value is -3.54. The zero-order chi connectivity index (χ0) is 19.8. The largest absolute Gasteiger partial charge is 0.454 e. The Bertz CT molecular complexity index is 970. The number of carbonyl (C=O) groups excluding carboxylic acids is 2. The first-order valence-electron chi connectivity index (χ1n) is 9.53. The average molecular weight is 386 g/mol. The van der Waals surface area contributed by atoms with E-state index in [1.807, 2.05) is 12.1 Å². The van der Waals surface area contributed by atoms with E-state index >= 15 is 0 Å². The standard InChI is InChI=1S/C23H18N2O4/c26-22(14-5-9-24-10-6-14)28-20-18-13-19(17-4-2-1-3-16(17)18)21(20)29-23(27)15-7-11-25-12-8-15/h1-12,18-21H,13H2. The van der Waals surface area contributed by atoms with Crippen LogP contribution in [0.15, 0.2) is 73.3 Å². The SMILES string of the molecule is O=C(OC1C2CC(c3ccccc32)C1OC(=O)c1ccncc1)c1ccncc1. The first-order valence-corrected chi connectivity index (χ1v) is 9.53. The highest BCUT2D eigenvalue weighted by molar-refractivity contribution is 5.90. The minimum absolute atomic E-state index is 0.0113. The summed E-state index contributed by atoms with van der Waals surface area (Å²) in [5, 5.41) is 0. The molecule has 2 heterocycles. The van der Waals surface area contributed by atoms with Gasteiger partial charge in [-0.1, -0.05) is 24.3 Å². The lowest BCUT2D eigenvalue weighted by molar-refractivity contribution is -0.0348. The van der Waals surface area contributed by atoms with Gasteiger partial charge in [-0.2, -0.15) is 0 Å². The lowest BCUT2D eigenvalue weighted by Gasteiger charge is -2.32. The number of hydrogen-bond acceptors (Lipinski definition) is 6. The number of hydrogen-bond donors (Lipinski definition) is 0. The molecule has 2 aromatic heterocycles. The third-order valence-electron chi connectivity index (χ3n) is 5.74. The molecule has 2 aliphatic carbocycles. The minimum Gasteiger partial charge on any atom is -0.454 e. The van der Waals surface area contributed by atoms with Crippen LogP contribution in [-0.4, -0.2) is 34.1 Å². The molecule has 4 unspecified atom stereocenters. The molecule has 144 valence electrons. The van der Waals surface area contributed by atoms with Crippen LogP contribution in [0.5, 0.6) is 0 Å². The summed E-state index contributed by atoms with van der Waals surface area (Å²) in [5.41, 5.74) is 3.19. The van der Waals surface area contributed by atoms with Crippen molar-refractivity contribution in [1.29, 1.82) is 0 Å². The highest BCUT2D eigenvalue weighted by atomic mass is 16.6. The fraction of sp³-hybridized carbons (Fsp3) is 0.217. The summed E-state index contributed by atoms with van der Waals surface area (Å²) in [6.07, 6.45) is 5.94. The van der Waals surface area contributed by atoms with E-state index in [1.54, 1.807) is 49.1 Å². The second kappa shape index (κ2) is 7.13. The van der Waals surface area contributed by atoms with Crippen LogP contribution in [0, 0.1) is 0 Å². The second-order valence-electron chi connectivity index (χ2n) is 7.29. The summed E-state index contributed by atoms with van der Waals surface area (Å²) in [6, 6.07) is 14.5. The molecule has 0 amide bonds. The van der Waals surface area contributed by atoms with Crippen molar-refractivity contribution in [3.8, 4) is 0 Å². The molecule has 1 fully saturated rings. The molecule has 2 bridgehead atoms. The lowest BCUT2D eigenvalue weighted by Crippen LogP contribution is -2.39. The molecule has 6 nitrogen and oxygen atoms in total. The topological polar surface area (TPSA) is 78.4 Å². The maximum atomic E-state index is 12.7. The summed E-state index contributed by atoms with van der Waals surface area (Å²) in [6.45, 7) is 0. The summed E-state index contributed by atoms with van der Waals surface area (Å²) in [4.78, 5) is 33.2. The van der Waals surface area contributed by atoms with Crippen molar-refractivity contribution in [2.45, 2.75) is 30.5 Å². The normalized spacial score (nSPS) is 24.0. The first kappa shape index (κ1) is 17.6. The van der Waals surface area contributed by atoms with Gasteiger partial charge in [0.05, 0.1) is 11.1 Å². The predicted molar refractivity (Wildman–Crippen MR) is 103 cm³/mol. The maximum Gasteiger partial charge on any atom is 0.338 e. The molecule has 0 spiro atoms. The van der Waals surface area contributed by atoms with Gasteiger partial charge in [-0.15, -0.1) is 0 Å². The molecule has 0 N–H and O–H groups in total. The number of aromatic nitrogens is 2. The van der Waals surface area contributed by atoms with Crippen LogP contribution in [0.3, 0.4) is 0 Å². The van der Waals surface area contributed by atoms with Crippen molar-refractivity contribution in [1.82, 2.24) is 9.97 Å². The lowest BCUT2D eigenvalue weighted by atomic mass is 9.87. The van der Waals surface area contributed by atoms with Gasteiger partial charge in [0, 0.05) is 36.6 Å². The highest BCUT2D eigenvalue weighted by Crippen LogP contribution is 2.55. The third kappa shape index (κ3) is 3.06. The number of carbonyl (C=O) groups is 2. The van der Waals surface area contributed by atoms with Gasteiger partial charge < -0.3 is 9.47 Å². The van der Waals surface area contributed by atoms with E-state index in [0.29, 0.717) is 11.1 Å². The molecule has 1 saturated carbocycles. The molecule has 6 heteroatoms. The Morgan fingerprint density at radius 1 is 0.690 bits per heavy atom. The number of benzene rings is 1. The Labute approximate surface area is 167 Å². The van der Waals surface area contributed by atoms with Crippen LogP contribution >= 0.6 is 0 Å². The summed E-state index contributed by atoms with van der Waals surface area (Å²) >= 11 is 0. The fourth-order valence-corrected chi connectivity index (χ4v) is 4.45. The van der Waals surface area contributed by atoms with E-state index in [1.165, 1.54) is 11.1 Å². The van der Waals surface area contributed by atoms with Gasteiger partial charge in [-0.3, -0.25) is 9.97 Å². The average Bonchev–Trinajstić information content (AvgIpc) is 3.32. The third-order valence-corrected chi connectivity index (χ3v) is 5.74. The number of rotatable bonds is 4. The zero-order valence-electron chi connectivity index (χ0n) is 15.5. The Morgan fingerprint density at radius 3 is 1.52 bits per heavy atom. The number of fused-ring (bicyclic) bond motifs is 5. The fourth-order valence-electron chi connectivity index (χ4n) is 4.45. The quantitative estimate of drug-likeness (QED) is 0.639. The van der Waals surface area contributed by atoms with Crippen LogP contribution in [-0.2, 0) is 9.47 Å². The molecule has 0 radical (unpaired) electrons. The molecule has 5 rings (SSSR count). The second-order valence-corrected chi connectivity index (χ2v) is 7.29. The van der Waals surface area contributed by atoms with Gasteiger partial charge in [0.15, 0.2) is 0 Å². The van der Waals surface area contributed by atoms with E-state index in [-0.39, 0.29) is 11.8 Å². The number of pyridine rings is 2. The summed E-state index contributed by atoms with van der Waals surface area (Å²) in [5.74, 6) is -0.853.